The molecule has 0 saturated carbocycles. The Morgan fingerprint density at radius 2 is 1.26 bits per heavy atom. The zero-order valence-corrected chi connectivity index (χ0v) is 19.2. The summed E-state index contributed by atoms with van der Waals surface area (Å²) in [5.74, 6) is 0. The molecule has 0 spiro atoms. The highest BCUT2D eigenvalue weighted by Crippen LogP contribution is 2.38. The van der Waals surface area contributed by atoms with Crippen LogP contribution in [-0.2, 0) is 0 Å². The van der Waals surface area contributed by atoms with Crippen LogP contribution in [0.2, 0.25) is 0 Å². The Kier molecular flexibility index (Phi) is 5.91. The van der Waals surface area contributed by atoms with Gasteiger partial charge in [0, 0.05) is 0 Å². The maximum Gasteiger partial charge on any atom is -0.00734 e. The van der Waals surface area contributed by atoms with Crippen LogP contribution in [0, 0.1) is 27.7 Å². The van der Waals surface area contributed by atoms with E-state index in [0.717, 1.165) is 0 Å². The molecule has 0 aromatic heterocycles. The molecule has 0 heterocycles. The molecule has 0 bridgehead atoms. The number of hydrogen-bond donors (Lipinski definition) is 0. The Balaban J connectivity index is 1.87. The third kappa shape index (κ3) is 4.11. The van der Waals surface area contributed by atoms with Crippen LogP contribution in [0.3, 0.4) is 0 Å². The van der Waals surface area contributed by atoms with E-state index >= 15 is 0 Å². The lowest BCUT2D eigenvalue weighted by molar-refractivity contribution is 1.36. The zero-order valence-electron chi connectivity index (χ0n) is 19.2. The third-order valence-electron chi connectivity index (χ3n) is 6.12. The second-order valence-electron chi connectivity index (χ2n) is 8.42. The molecule has 4 rings (SSSR count). The number of aryl methyl sites for hydroxylation is 4. The Morgan fingerprint density at radius 3 is 2.06 bits per heavy atom. The van der Waals surface area contributed by atoms with Crippen molar-refractivity contribution in [3.63, 3.8) is 0 Å². The summed E-state index contributed by atoms with van der Waals surface area (Å²) in [5, 5.41) is 2.62. The van der Waals surface area contributed by atoms with Crippen molar-refractivity contribution >= 4 is 16.8 Å². The molecule has 0 amide bonds. The van der Waals surface area contributed by atoms with Gasteiger partial charge in [0.25, 0.3) is 0 Å². The van der Waals surface area contributed by atoms with Gasteiger partial charge >= 0.3 is 0 Å². The van der Waals surface area contributed by atoms with Gasteiger partial charge in [-0.2, -0.15) is 0 Å². The summed E-state index contributed by atoms with van der Waals surface area (Å²) in [5.41, 5.74) is 11.8. The highest BCUT2D eigenvalue weighted by atomic mass is 14.2. The number of hydrogen-bond acceptors (Lipinski definition) is 0. The van der Waals surface area contributed by atoms with Crippen molar-refractivity contribution in [3.05, 3.63) is 113 Å². The number of benzene rings is 4. The topological polar surface area (TPSA) is 0 Å². The molecule has 0 nitrogen and oxygen atoms in total. The first-order chi connectivity index (χ1) is 15.0. The summed E-state index contributed by atoms with van der Waals surface area (Å²) in [4.78, 5) is 0. The van der Waals surface area contributed by atoms with Crippen molar-refractivity contribution in [1.82, 2.24) is 0 Å². The quantitative estimate of drug-likeness (QED) is 0.299. The monoisotopic (exact) mass is 402 g/mol. The summed E-state index contributed by atoms with van der Waals surface area (Å²) < 4.78 is 0. The van der Waals surface area contributed by atoms with E-state index in [1.807, 2.05) is 13.0 Å². The third-order valence-corrected chi connectivity index (χ3v) is 6.12. The van der Waals surface area contributed by atoms with E-state index in [4.69, 9.17) is 0 Å². The molecule has 0 atom stereocenters. The fraction of sp³-hybridized carbons (Fsp3) is 0.161. The van der Waals surface area contributed by atoms with Crippen molar-refractivity contribution in [2.24, 2.45) is 0 Å². The van der Waals surface area contributed by atoms with Crippen LogP contribution in [0.1, 0.15) is 34.7 Å². The molecule has 0 aliphatic carbocycles. The Morgan fingerprint density at radius 1 is 0.581 bits per heavy atom. The van der Waals surface area contributed by atoms with E-state index < -0.39 is 0 Å². The van der Waals surface area contributed by atoms with Crippen molar-refractivity contribution in [1.29, 1.82) is 0 Å². The van der Waals surface area contributed by atoms with E-state index in [9.17, 15) is 0 Å². The van der Waals surface area contributed by atoms with Gasteiger partial charge in [-0.3, -0.25) is 0 Å². The highest BCUT2D eigenvalue weighted by Gasteiger charge is 2.14. The average molecular weight is 403 g/mol. The smallest absolute Gasteiger partial charge is 0.00734 e. The number of fused-ring (bicyclic) bond motifs is 1. The lowest BCUT2D eigenvalue weighted by atomic mass is 9.86. The first-order valence-electron chi connectivity index (χ1n) is 11.0. The predicted octanol–water partition coefficient (Wildman–Crippen LogP) is 9.00. The maximum atomic E-state index is 2.38. The van der Waals surface area contributed by atoms with Gasteiger partial charge < -0.3 is 0 Å². The zero-order chi connectivity index (χ0) is 22.0. The maximum absolute atomic E-state index is 2.38. The SMILES string of the molecule is C/C=C\C=C/c1ccc(C)c(-c2cc(C)c(-c3c(C)ccc4ccccc34)cc2C)c1. The second kappa shape index (κ2) is 8.78. The molecule has 0 fully saturated rings. The average Bonchev–Trinajstić information content (AvgIpc) is 2.77. The van der Waals surface area contributed by atoms with Gasteiger partial charge in [0.15, 0.2) is 0 Å². The van der Waals surface area contributed by atoms with Crippen LogP contribution in [0.15, 0.2) is 85.0 Å². The van der Waals surface area contributed by atoms with E-state index in [1.165, 1.54) is 60.8 Å². The minimum Gasteiger partial charge on any atom is -0.0877 e. The molecule has 4 aromatic rings. The molecule has 0 N–H and O–H groups in total. The van der Waals surface area contributed by atoms with Crippen molar-refractivity contribution in [3.8, 4) is 22.3 Å². The number of allylic oxidation sites excluding steroid dienone is 3. The molecule has 0 saturated heterocycles. The van der Waals surface area contributed by atoms with Gasteiger partial charge in [-0.25, -0.2) is 0 Å². The van der Waals surface area contributed by atoms with Gasteiger partial charge in [-0.05, 0) is 102 Å². The molecule has 0 unspecified atom stereocenters. The van der Waals surface area contributed by atoms with Crippen molar-refractivity contribution in [2.75, 3.05) is 0 Å². The van der Waals surface area contributed by atoms with Crippen LogP contribution in [-0.4, -0.2) is 0 Å². The summed E-state index contributed by atoms with van der Waals surface area (Å²) in [6.45, 7) is 10.9. The first kappa shape index (κ1) is 20.9. The fourth-order valence-electron chi connectivity index (χ4n) is 4.42. The van der Waals surface area contributed by atoms with E-state index in [2.05, 4.69) is 113 Å². The summed E-state index contributed by atoms with van der Waals surface area (Å²) >= 11 is 0. The van der Waals surface area contributed by atoms with Gasteiger partial charge in [-0.1, -0.05) is 85.0 Å². The molecule has 0 heteroatoms. The minimum atomic E-state index is 1.23. The van der Waals surface area contributed by atoms with Crippen LogP contribution < -0.4 is 0 Å². The molecule has 31 heavy (non-hydrogen) atoms. The van der Waals surface area contributed by atoms with Crippen molar-refractivity contribution < 1.29 is 0 Å². The predicted molar refractivity (Wildman–Crippen MR) is 138 cm³/mol. The molecule has 0 radical (unpaired) electrons. The van der Waals surface area contributed by atoms with Gasteiger partial charge in [0.1, 0.15) is 0 Å². The first-order valence-corrected chi connectivity index (χ1v) is 11.0. The normalized spacial score (nSPS) is 11.8. The van der Waals surface area contributed by atoms with Crippen LogP contribution in [0.5, 0.6) is 0 Å². The molecule has 0 aliphatic heterocycles. The van der Waals surface area contributed by atoms with Crippen LogP contribution >= 0.6 is 0 Å². The Hall–Kier alpha value is -3.38. The lowest BCUT2D eigenvalue weighted by Gasteiger charge is -2.18. The molecule has 0 aliphatic rings. The largest absolute Gasteiger partial charge is 0.0877 e. The number of rotatable bonds is 4. The molecule has 4 aromatic carbocycles. The fourth-order valence-corrected chi connectivity index (χ4v) is 4.42. The Bertz CT molecular complexity index is 1320. The standard InChI is InChI=1S/C31H30/c1-6-7-8-11-25-16-14-21(2)29(20-25)28-18-24(5)30(19-23(28)4)31-22(3)15-17-26-12-9-10-13-27(26)31/h6-20H,1-5H3/b7-6-,11-8-. The summed E-state index contributed by atoms with van der Waals surface area (Å²) in [6, 6.07) is 24.6. The van der Waals surface area contributed by atoms with E-state index in [-0.39, 0.29) is 0 Å². The van der Waals surface area contributed by atoms with Gasteiger partial charge in [0.05, 0.1) is 0 Å². The second-order valence-corrected chi connectivity index (χ2v) is 8.42. The van der Waals surface area contributed by atoms with E-state index in [1.54, 1.807) is 0 Å². The highest BCUT2D eigenvalue weighted by molar-refractivity contribution is 5.99. The molecular formula is C31H30. The van der Waals surface area contributed by atoms with Gasteiger partial charge in [-0.15, -0.1) is 0 Å². The Labute approximate surface area is 186 Å². The molecule has 154 valence electrons. The van der Waals surface area contributed by atoms with Crippen LogP contribution in [0.25, 0.3) is 39.1 Å². The minimum absolute atomic E-state index is 1.23. The van der Waals surface area contributed by atoms with Crippen molar-refractivity contribution in [2.45, 2.75) is 34.6 Å². The lowest BCUT2D eigenvalue weighted by Crippen LogP contribution is -1.94. The summed E-state index contributed by atoms with van der Waals surface area (Å²) in [7, 11) is 0. The van der Waals surface area contributed by atoms with Gasteiger partial charge in [0.2, 0.25) is 0 Å². The van der Waals surface area contributed by atoms with Crippen LogP contribution in [0.4, 0.5) is 0 Å². The molecular weight excluding hydrogens is 372 g/mol. The summed E-state index contributed by atoms with van der Waals surface area (Å²) in [6.07, 6.45) is 8.38. The van der Waals surface area contributed by atoms with E-state index in [0.29, 0.717) is 0 Å².